The van der Waals surface area contributed by atoms with Crippen molar-refractivity contribution in [3.8, 4) is 17.0 Å². The molecule has 7 nitrogen and oxygen atoms in total. The molecule has 0 bridgehead atoms. The van der Waals surface area contributed by atoms with Gasteiger partial charge in [-0.3, -0.25) is 4.90 Å². The molecule has 2 aromatic rings. The first-order valence-electron chi connectivity index (χ1n) is 8.57. The molecular formula is C18H26N6O. The Morgan fingerprint density at radius 2 is 1.96 bits per heavy atom. The van der Waals surface area contributed by atoms with Crippen molar-refractivity contribution in [1.29, 1.82) is 0 Å². The van der Waals surface area contributed by atoms with Gasteiger partial charge in [0, 0.05) is 44.8 Å². The highest BCUT2D eigenvalue weighted by Crippen LogP contribution is 2.26. The quantitative estimate of drug-likeness (QED) is 0.842. The molecular weight excluding hydrogens is 316 g/mol. The summed E-state index contributed by atoms with van der Waals surface area (Å²) in [5.74, 6) is 1.39. The zero-order valence-electron chi connectivity index (χ0n) is 14.9. The predicted octanol–water partition coefficient (Wildman–Crippen LogP) is 1.11. The Balaban J connectivity index is 1.72. The van der Waals surface area contributed by atoms with Crippen molar-refractivity contribution in [2.45, 2.75) is 0 Å². The monoisotopic (exact) mass is 342 g/mol. The smallest absolute Gasteiger partial charge is 0.172 e. The number of aromatic nitrogens is 2. The largest absolute Gasteiger partial charge is 0.508 e. The number of rotatable bonds is 5. The molecule has 25 heavy (non-hydrogen) atoms. The SMILES string of the molecule is CN(C)CCN1CCN(c2nc(-c3cccc(O)c3)cnc2N)CC1. The minimum absolute atomic E-state index is 0.215. The highest BCUT2D eigenvalue weighted by Gasteiger charge is 2.20. The second-order valence-electron chi connectivity index (χ2n) is 6.65. The van der Waals surface area contributed by atoms with E-state index in [1.54, 1.807) is 24.4 Å². The van der Waals surface area contributed by atoms with Crippen LogP contribution in [0.25, 0.3) is 11.3 Å². The van der Waals surface area contributed by atoms with Crippen molar-refractivity contribution in [1.82, 2.24) is 19.8 Å². The van der Waals surface area contributed by atoms with Gasteiger partial charge in [-0.05, 0) is 26.2 Å². The fourth-order valence-electron chi connectivity index (χ4n) is 2.95. The van der Waals surface area contributed by atoms with E-state index in [-0.39, 0.29) is 5.75 Å². The normalized spacial score (nSPS) is 15.7. The van der Waals surface area contributed by atoms with E-state index in [4.69, 9.17) is 10.7 Å². The second kappa shape index (κ2) is 7.67. The van der Waals surface area contributed by atoms with Crippen LogP contribution in [-0.4, -0.2) is 78.2 Å². The van der Waals surface area contributed by atoms with Gasteiger partial charge in [-0.1, -0.05) is 12.1 Å². The van der Waals surface area contributed by atoms with Crippen molar-refractivity contribution >= 4 is 11.6 Å². The third-order valence-corrected chi connectivity index (χ3v) is 4.46. The Bertz CT molecular complexity index is 712. The lowest BCUT2D eigenvalue weighted by Gasteiger charge is -2.36. The number of piperazine rings is 1. The van der Waals surface area contributed by atoms with E-state index in [1.807, 2.05) is 6.07 Å². The number of phenols is 1. The van der Waals surface area contributed by atoms with Crippen LogP contribution in [0.1, 0.15) is 0 Å². The van der Waals surface area contributed by atoms with E-state index in [0.717, 1.165) is 56.3 Å². The molecule has 1 aromatic carbocycles. The fraction of sp³-hybridized carbons (Fsp3) is 0.444. The second-order valence-corrected chi connectivity index (χ2v) is 6.65. The van der Waals surface area contributed by atoms with Crippen LogP contribution in [0.4, 0.5) is 11.6 Å². The first-order valence-corrected chi connectivity index (χ1v) is 8.57. The van der Waals surface area contributed by atoms with Crippen molar-refractivity contribution < 1.29 is 5.11 Å². The number of benzene rings is 1. The van der Waals surface area contributed by atoms with Gasteiger partial charge >= 0.3 is 0 Å². The first-order chi connectivity index (χ1) is 12.0. The van der Waals surface area contributed by atoms with Gasteiger partial charge in [0.1, 0.15) is 5.75 Å². The number of nitrogens with two attached hydrogens (primary N) is 1. The zero-order chi connectivity index (χ0) is 17.8. The number of nitrogen functional groups attached to an aromatic ring is 1. The first kappa shape index (κ1) is 17.4. The summed E-state index contributed by atoms with van der Waals surface area (Å²) in [4.78, 5) is 15.9. The lowest BCUT2D eigenvalue weighted by molar-refractivity contribution is 0.229. The minimum Gasteiger partial charge on any atom is -0.508 e. The summed E-state index contributed by atoms with van der Waals surface area (Å²) in [6, 6.07) is 7.03. The number of anilines is 2. The zero-order valence-corrected chi connectivity index (χ0v) is 14.9. The van der Waals surface area contributed by atoms with Crippen LogP contribution in [0.3, 0.4) is 0 Å². The average molecular weight is 342 g/mol. The summed E-state index contributed by atoms with van der Waals surface area (Å²) in [5.41, 5.74) is 7.63. The summed E-state index contributed by atoms with van der Waals surface area (Å²) in [6.45, 7) is 5.89. The molecule has 134 valence electrons. The van der Waals surface area contributed by atoms with Crippen molar-refractivity contribution in [2.24, 2.45) is 0 Å². The van der Waals surface area contributed by atoms with E-state index >= 15 is 0 Å². The molecule has 0 atom stereocenters. The van der Waals surface area contributed by atoms with Gasteiger partial charge in [-0.25, -0.2) is 9.97 Å². The van der Waals surface area contributed by atoms with Crippen molar-refractivity contribution in [2.75, 3.05) is 64.0 Å². The van der Waals surface area contributed by atoms with Crippen LogP contribution >= 0.6 is 0 Å². The van der Waals surface area contributed by atoms with Gasteiger partial charge in [-0.2, -0.15) is 0 Å². The maximum atomic E-state index is 9.67. The van der Waals surface area contributed by atoms with Crippen molar-refractivity contribution in [3.05, 3.63) is 30.5 Å². The molecule has 0 radical (unpaired) electrons. The number of nitrogens with zero attached hydrogens (tertiary/aromatic N) is 5. The Kier molecular flexibility index (Phi) is 5.35. The van der Waals surface area contributed by atoms with Gasteiger partial charge in [0.25, 0.3) is 0 Å². The van der Waals surface area contributed by atoms with Gasteiger partial charge in [0.05, 0.1) is 11.9 Å². The number of hydrogen-bond donors (Lipinski definition) is 2. The summed E-state index contributed by atoms with van der Waals surface area (Å²) in [5, 5.41) is 9.67. The molecule has 3 rings (SSSR count). The molecule has 0 aliphatic carbocycles. The van der Waals surface area contributed by atoms with Gasteiger partial charge in [0.2, 0.25) is 0 Å². The molecule has 1 fully saturated rings. The van der Waals surface area contributed by atoms with Gasteiger partial charge < -0.3 is 20.6 Å². The molecule has 1 saturated heterocycles. The number of hydrogen-bond acceptors (Lipinski definition) is 7. The summed E-state index contributed by atoms with van der Waals surface area (Å²) >= 11 is 0. The summed E-state index contributed by atoms with van der Waals surface area (Å²) < 4.78 is 0. The van der Waals surface area contributed by atoms with E-state index in [0.29, 0.717) is 5.82 Å². The molecule has 0 unspecified atom stereocenters. The Hall–Kier alpha value is -2.38. The molecule has 0 spiro atoms. The molecule has 7 heteroatoms. The van der Waals surface area contributed by atoms with Crippen LogP contribution in [0.5, 0.6) is 5.75 Å². The topological polar surface area (TPSA) is 81.8 Å². The Labute approximate surface area is 148 Å². The van der Waals surface area contributed by atoms with Crippen molar-refractivity contribution in [3.63, 3.8) is 0 Å². The van der Waals surface area contributed by atoms with Crippen LogP contribution in [0.2, 0.25) is 0 Å². The van der Waals surface area contributed by atoms with E-state index < -0.39 is 0 Å². The molecule has 1 aliphatic heterocycles. The van der Waals surface area contributed by atoms with Crippen LogP contribution < -0.4 is 10.6 Å². The number of likely N-dealkylation sites (N-methyl/N-ethyl adjacent to an activating group) is 1. The molecule has 0 saturated carbocycles. The standard InChI is InChI=1S/C18H26N6O/c1-22(2)6-7-23-8-10-24(11-9-23)18-17(19)20-13-16(21-18)14-4-3-5-15(25)12-14/h3-5,12-13,25H,6-11H2,1-2H3,(H2,19,20). The molecule has 2 heterocycles. The molecule has 1 aliphatic rings. The Morgan fingerprint density at radius 1 is 1.20 bits per heavy atom. The number of phenolic OH excluding ortho intramolecular Hbond substituents is 1. The van der Waals surface area contributed by atoms with E-state index in [9.17, 15) is 5.11 Å². The van der Waals surface area contributed by atoms with Crippen LogP contribution in [0, 0.1) is 0 Å². The van der Waals surface area contributed by atoms with Crippen LogP contribution in [-0.2, 0) is 0 Å². The summed E-state index contributed by atoms with van der Waals surface area (Å²) in [7, 11) is 4.19. The van der Waals surface area contributed by atoms with Gasteiger partial charge in [-0.15, -0.1) is 0 Å². The third kappa shape index (κ3) is 4.37. The fourth-order valence-corrected chi connectivity index (χ4v) is 2.95. The highest BCUT2D eigenvalue weighted by molar-refractivity contribution is 5.67. The molecule has 1 aromatic heterocycles. The summed E-state index contributed by atoms with van der Waals surface area (Å²) in [6.07, 6.45) is 1.65. The predicted molar refractivity (Wildman–Crippen MR) is 101 cm³/mol. The number of aromatic hydroxyl groups is 1. The van der Waals surface area contributed by atoms with E-state index in [2.05, 4.69) is 33.8 Å². The molecule has 0 amide bonds. The lowest BCUT2D eigenvalue weighted by Crippen LogP contribution is -2.48. The highest BCUT2D eigenvalue weighted by atomic mass is 16.3. The van der Waals surface area contributed by atoms with Gasteiger partial charge in [0.15, 0.2) is 11.6 Å². The Morgan fingerprint density at radius 3 is 2.64 bits per heavy atom. The lowest BCUT2D eigenvalue weighted by atomic mass is 10.1. The average Bonchev–Trinajstić information content (AvgIpc) is 2.61. The third-order valence-electron chi connectivity index (χ3n) is 4.46. The van der Waals surface area contributed by atoms with E-state index in [1.165, 1.54) is 0 Å². The minimum atomic E-state index is 0.215. The maximum Gasteiger partial charge on any atom is 0.172 e. The molecule has 3 N–H and O–H groups in total. The maximum absolute atomic E-state index is 9.67. The van der Waals surface area contributed by atoms with Crippen LogP contribution in [0.15, 0.2) is 30.5 Å².